The second-order valence-electron chi connectivity index (χ2n) is 7.14. The number of carbonyl (C=O) groups is 1. The molecule has 1 amide bonds. The van der Waals surface area contributed by atoms with Gasteiger partial charge in [-0.3, -0.25) is 14.2 Å². The number of benzene rings is 1. The average Bonchev–Trinajstić information content (AvgIpc) is 3.13. The van der Waals surface area contributed by atoms with E-state index in [1.165, 1.54) is 5.56 Å². The third kappa shape index (κ3) is 3.40. The zero-order valence-corrected chi connectivity index (χ0v) is 16.5. The minimum atomic E-state index is -0.504. The van der Waals surface area contributed by atoms with E-state index in [2.05, 4.69) is 33.6 Å². The van der Waals surface area contributed by atoms with E-state index in [-0.39, 0.29) is 23.5 Å². The molecule has 0 aliphatic carbocycles. The second kappa shape index (κ2) is 7.71. The van der Waals surface area contributed by atoms with Crippen molar-refractivity contribution in [2.75, 3.05) is 13.1 Å². The summed E-state index contributed by atoms with van der Waals surface area (Å²) in [6.07, 6.45) is 2.91. The summed E-state index contributed by atoms with van der Waals surface area (Å²) in [5.74, 6) is 0.399. The van der Waals surface area contributed by atoms with Gasteiger partial charge in [-0.15, -0.1) is 0 Å². The quantitative estimate of drug-likeness (QED) is 0.730. The van der Waals surface area contributed by atoms with Gasteiger partial charge >= 0.3 is 5.69 Å². The molecule has 0 saturated carbocycles. The first kappa shape index (κ1) is 18.6. The SMILES string of the molecule is CCn1c(=O)[nH]c2c(C(=O)N3CCC(Cc4ccccc4)CC3)snc2c1=O. The Morgan fingerprint density at radius 2 is 1.93 bits per heavy atom. The Morgan fingerprint density at radius 1 is 1.21 bits per heavy atom. The maximum Gasteiger partial charge on any atom is 0.328 e. The highest BCUT2D eigenvalue weighted by Crippen LogP contribution is 2.25. The van der Waals surface area contributed by atoms with E-state index >= 15 is 0 Å². The number of amides is 1. The van der Waals surface area contributed by atoms with E-state index < -0.39 is 11.2 Å². The molecular weight excluding hydrogens is 376 g/mol. The van der Waals surface area contributed by atoms with Crippen LogP contribution in [0.2, 0.25) is 0 Å². The van der Waals surface area contributed by atoms with Crippen LogP contribution in [0.25, 0.3) is 11.0 Å². The van der Waals surface area contributed by atoms with E-state index in [0.717, 1.165) is 35.4 Å². The number of nitrogens with one attached hydrogen (secondary N) is 1. The molecule has 28 heavy (non-hydrogen) atoms. The Balaban J connectivity index is 1.50. The third-order valence-corrected chi connectivity index (χ3v) is 6.23. The van der Waals surface area contributed by atoms with Gasteiger partial charge < -0.3 is 9.88 Å². The van der Waals surface area contributed by atoms with Gasteiger partial charge in [0.15, 0.2) is 5.52 Å². The summed E-state index contributed by atoms with van der Waals surface area (Å²) in [6.45, 7) is 3.33. The lowest BCUT2D eigenvalue weighted by Crippen LogP contribution is -2.39. The molecule has 0 spiro atoms. The molecule has 1 saturated heterocycles. The number of aromatic amines is 1. The lowest BCUT2D eigenvalue weighted by Gasteiger charge is -2.31. The van der Waals surface area contributed by atoms with Gasteiger partial charge in [-0.1, -0.05) is 30.3 Å². The highest BCUT2D eigenvalue weighted by Gasteiger charge is 2.27. The van der Waals surface area contributed by atoms with E-state index in [4.69, 9.17) is 0 Å². The number of carbonyl (C=O) groups excluding carboxylic acids is 1. The first-order valence-electron chi connectivity index (χ1n) is 9.54. The summed E-state index contributed by atoms with van der Waals surface area (Å²) in [5, 5.41) is 0. The van der Waals surface area contributed by atoms with Crippen LogP contribution in [-0.2, 0) is 13.0 Å². The zero-order valence-electron chi connectivity index (χ0n) is 15.7. The summed E-state index contributed by atoms with van der Waals surface area (Å²) >= 11 is 0.985. The number of fused-ring (bicyclic) bond motifs is 1. The highest BCUT2D eigenvalue weighted by molar-refractivity contribution is 7.09. The molecule has 1 N–H and O–H groups in total. The molecule has 0 bridgehead atoms. The smallest absolute Gasteiger partial charge is 0.328 e. The topological polar surface area (TPSA) is 88.1 Å². The van der Waals surface area contributed by atoms with E-state index in [1.807, 2.05) is 6.07 Å². The van der Waals surface area contributed by atoms with Crippen molar-refractivity contribution >= 4 is 28.5 Å². The number of likely N-dealkylation sites (tertiary alicyclic amines) is 1. The maximum absolute atomic E-state index is 13.0. The molecule has 7 nitrogen and oxygen atoms in total. The molecule has 0 unspecified atom stereocenters. The lowest BCUT2D eigenvalue weighted by molar-refractivity contribution is 0.0697. The fourth-order valence-corrected chi connectivity index (χ4v) is 4.61. The number of nitrogens with zero attached hydrogens (tertiary/aromatic N) is 3. The summed E-state index contributed by atoms with van der Waals surface area (Å²) in [5.41, 5.74) is 0.800. The van der Waals surface area contributed by atoms with Crippen LogP contribution in [-0.4, -0.2) is 37.8 Å². The van der Waals surface area contributed by atoms with Crippen molar-refractivity contribution in [3.05, 3.63) is 61.6 Å². The van der Waals surface area contributed by atoms with Gasteiger partial charge in [0, 0.05) is 19.6 Å². The Kier molecular flexibility index (Phi) is 5.13. The van der Waals surface area contributed by atoms with Crippen LogP contribution < -0.4 is 11.2 Å². The van der Waals surface area contributed by atoms with Crippen LogP contribution in [0.4, 0.5) is 0 Å². The summed E-state index contributed by atoms with van der Waals surface area (Å²) < 4.78 is 5.23. The molecule has 1 fully saturated rings. The van der Waals surface area contributed by atoms with Crippen LogP contribution in [0.15, 0.2) is 39.9 Å². The fourth-order valence-electron chi connectivity index (χ4n) is 3.81. The van der Waals surface area contributed by atoms with E-state index in [9.17, 15) is 14.4 Å². The molecule has 2 aromatic heterocycles. The average molecular weight is 398 g/mol. The van der Waals surface area contributed by atoms with Gasteiger partial charge in [-0.2, -0.15) is 4.37 Å². The number of aromatic nitrogens is 3. The first-order chi connectivity index (χ1) is 13.6. The van der Waals surface area contributed by atoms with Crippen LogP contribution in [0.1, 0.15) is 35.0 Å². The molecule has 8 heteroatoms. The van der Waals surface area contributed by atoms with Crippen molar-refractivity contribution < 1.29 is 4.79 Å². The summed E-state index contributed by atoms with van der Waals surface area (Å²) in [4.78, 5) is 42.3. The van der Waals surface area contributed by atoms with Crippen LogP contribution in [0.5, 0.6) is 0 Å². The minimum absolute atomic E-state index is 0.157. The van der Waals surface area contributed by atoms with Gasteiger partial charge in [0.05, 0.1) is 5.52 Å². The molecule has 146 valence electrons. The number of hydrogen-bond donors (Lipinski definition) is 1. The van der Waals surface area contributed by atoms with Crippen molar-refractivity contribution in [1.82, 2.24) is 18.8 Å². The van der Waals surface area contributed by atoms with Gasteiger partial charge in [0.1, 0.15) is 4.88 Å². The van der Waals surface area contributed by atoms with Crippen LogP contribution >= 0.6 is 11.5 Å². The van der Waals surface area contributed by atoms with Crippen molar-refractivity contribution in [3.8, 4) is 0 Å². The molecule has 4 rings (SSSR count). The molecule has 3 heterocycles. The minimum Gasteiger partial charge on any atom is -0.338 e. The third-order valence-electron chi connectivity index (χ3n) is 5.40. The molecule has 3 aromatic rings. The second-order valence-corrected chi connectivity index (χ2v) is 7.91. The Labute approximate surface area is 165 Å². The molecule has 1 aliphatic heterocycles. The zero-order chi connectivity index (χ0) is 19.7. The van der Waals surface area contributed by atoms with E-state index in [0.29, 0.717) is 23.9 Å². The van der Waals surface area contributed by atoms with Crippen molar-refractivity contribution in [2.24, 2.45) is 5.92 Å². The van der Waals surface area contributed by atoms with Crippen molar-refractivity contribution in [2.45, 2.75) is 32.7 Å². The van der Waals surface area contributed by atoms with Gasteiger partial charge in [0.25, 0.3) is 11.5 Å². The highest BCUT2D eigenvalue weighted by atomic mass is 32.1. The number of piperidine rings is 1. The fraction of sp³-hybridized carbons (Fsp3) is 0.400. The first-order valence-corrected chi connectivity index (χ1v) is 10.3. The largest absolute Gasteiger partial charge is 0.338 e. The maximum atomic E-state index is 13.0. The molecule has 0 radical (unpaired) electrons. The van der Waals surface area contributed by atoms with Crippen LogP contribution in [0.3, 0.4) is 0 Å². The predicted octanol–water partition coefficient (Wildman–Crippen LogP) is 2.26. The Bertz CT molecular complexity index is 1110. The van der Waals surface area contributed by atoms with Gasteiger partial charge in [-0.05, 0) is 49.2 Å². The van der Waals surface area contributed by atoms with Crippen LogP contribution in [0, 0.1) is 5.92 Å². The number of hydrogen-bond acceptors (Lipinski definition) is 5. The normalized spacial score (nSPS) is 15.2. The number of rotatable bonds is 4. The Morgan fingerprint density at radius 3 is 2.61 bits per heavy atom. The molecular formula is C20H22N4O3S. The standard InChI is InChI=1S/C20H22N4O3S/c1-2-24-18(25)16-15(21-20(24)27)17(28-22-16)19(26)23-10-8-14(9-11-23)12-13-6-4-3-5-7-13/h3-7,14H,2,8-12H2,1H3,(H,21,27). The lowest BCUT2D eigenvalue weighted by atomic mass is 9.90. The molecule has 1 aromatic carbocycles. The van der Waals surface area contributed by atoms with Crippen molar-refractivity contribution in [3.63, 3.8) is 0 Å². The van der Waals surface area contributed by atoms with Gasteiger partial charge in [-0.25, -0.2) is 4.79 Å². The summed E-state index contributed by atoms with van der Waals surface area (Å²) in [6, 6.07) is 10.4. The molecule has 1 aliphatic rings. The molecule has 0 atom stereocenters. The number of H-pyrrole nitrogens is 1. The summed E-state index contributed by atoms with van der Waals surface area (Å²) in [7, 11) is 0. The van der Waals surface area contributed by atoms with Crippen molar-refractivity contribution in [1.29, 1.82) is 0 Å². The predicted molar refractivity (Wildman–Crippen MR) is 109 cm³/mol. The monoisotopic (exact) mass is 398 g/mol. The Hall–Kier alpha value is -2.74. The van der Waals surface area contributed by atoms with Gasteiger partial charge in [0.2, 0.25) is 0 Å². The van der Waals surface area contributed by atoms with E-state index in [1.54, 1.807) is 11.8 Å².